The molecule has 2 aliphatic carbocycles. The molecule has 0 bridgehead atoms. The molecular formula is C66H46N2. The Kier molecular flexibility index (Phi) is 8.28. The molecule has 0 saturated carbocycles. The average molecular weight is 867 g/mol. The Bertz CT molecular complexity index is 3800. The van der Waals surface area contributed by atoms with Gasteiger partial charge in [-0.25, -0.2) is 0 Å². The molecule has 0 atom stereocenters. The third-order valence-electron chi connectivity index (χ3n) is 15.4. The van der Waals surface area contributed by atoms with Gasteiger partial charge in [0, 0.05) is 22.2 Å². The number of fused-ring (bicyclic) bond motifs is 14. The molecule has 11 aromatic carbocycles. The van der Waals surface area contributed by atoms with E-state index in [-0.39, 0.29) is 5.41 Å². The largest absolute Gasteiger partial charge is 0.308 e. The SMILES string of the molecule is CC1(C)c2ccccc2N(c2c(N(c3ccccc3)c3ccc4c(c3)C3(c5ccccc5-c5ccccc53)c3ccccc3-4)ccc3ccccc23)c2cc(-c3ccc4ccccc4c3)ccc21. The van der Waals surface area contributed by atoms with Crippen molar-refractivity contribution in [1.82, 2.24) is 0 Å². The van der Waals surface area contributed by atoms with Crippen molar-refractivity contribution >= 4 is 55.7 Å². The second-order valence-electron chi connectivity index (χ2n) is 19.2. The summed E-state index contributed by atoms with van der Waals surface area (Å²) in [7, 11) is 0. The van der Waals surface area contributed by atoms with Gasteiger partial charge in [0.2, 0.25) is 0 Å². The number of rotatable bonds is 5. The second kappa shape index (κ2) is 14.5. The summed E-state index contributed by atoms with van der Waals surface area (Å²) in [4.78, 5) is 5.10. The minimum absolute atomic E-state index is 0.259. The fraction of sp³-hybridized carbons (Fsp3) is 0.0606. The Labute approximate surface area is 397 Å². The maximum Gasteiger partial charge on any atom is 0.0781 e. The monoisotopic (exact) mass is 866 g/mol. The normalized spacial score (nSPS) is 14.2. The lowest BCUT2D eigenvalue weighted by Gasteiger charge is -2.44. The number of para-hydroxylation sites is 2. The molecule has 0 unspecified atom stereocenters. The maximum atomic E-state index is 2.59. The highest BCUT2D eigenvalue weighted by atomic mass is 15.2. The van der Waals surface area contributed by atoms with Crippen LogP contribution in [0.25, 0.3) is 54.9 Å². The van der Waals surface area contributed by atoms with Crippen molar-refractivity contribution < 1.29 is 0 Å². The first-order valence-electron chi connectivity index (χ1n) is 23.8. The maximum absolute atomic E-state index is 2.59. The Morgan fingerprint density at radius 1 is 0.338 bits per heavy atom. The summed E-state index contributed by atoms with van der Waals surface area (Å²) in [6.45, 7) is 4.77. The third-order valence-corrected chi connectivity index (χ3v) is 15.4. The van der Waals surface area contributed by atoms with Gasteiger partial charge in [-0.15, -0.1) is 0 Å². The molecule has 1 spiro atoms. The molecule has 0 N–H and O–H groups in total. The number of nitrogens with zero attached hydrogens (tertiary/aromatic N) is 2. The van der Waals surface area contributed by atoms with Crippen LogP contribution in [0.5, 0.6) is 0 Å². The number of hydrogen-bond acceptors (Lipinski definition) is 2. The highest BCUT2D eigenvalue weighted by molar-refractivity contribution is 6.09. The van der Waals surface area contributed by atoms with Crippen molar-refractivity contribution in [3.8, 4) is 33.4 Å². The molecule has 14 rings (SSSR count). The van der Waals surface area contributed by atoms with Crippen LogP contribution in [0.3, 0.4) is 0 Å². The van der Waals surface area contributed by atoms with Crippen LogP contribution in [-0.4, -0.2) is 0 Å². The van der Waals surface area contributed by atoms with Crippen LogP contribution in [0, 0.1) is 0 Å². The van der Waals surface area contributed by atoms with Gasteiger partial charge in [0.05, 0.1) is 28.2 Å². The number of anilines is 6. The van der Waals surface area contributed by atoms with E-state index in [0.29, 0.717) is 0 Å². The van der Waals surface area contributed by atoms with E-state index >= 15 is 0 Å². The van der Waals surface area contributed by atoms with Crippen LogP contribution in [0.15, 0.2) is 243 Å². The van der Waals surface area contributed by atoms with Gasteiger partial charge in [0.1, 0.15) is 0 Å². The first-order chi connectivity index (χ1) is 33.5. The lowest BCUT2D eigenvalue weighted by molar-refractivity contribution is 0.632. The van der Waals surface area contributed by atoms with Crippen molar-refractivity contribution in [3.05, 3.63) is 276 Å². The summed E-state index contributed by atoms with van der Waals surface area (Å²) >= 11 is 0. The fourth-order valence-electron chi connectivity index (χ4n) is 12.4. The molecule has 1 heterocycles. The summed E-state index contributed by atoms with van der Waals surface area (Å²) in [5.74, 6) is 0. The summed E-state index contributed by atoms with van der Waals surface area (Å²) in [5.41, 5.74) is 21.6. The minimum atomic E-state index is -0.473. The molecule has 0 radical (unpaired) electrons. The molecular weight excluding hydrogens is 821 g/mol. The third kappa shape index (κ3) is 5.34. The van der Waals surface area contributed by atoms with Gasteiger partial charge in [-0.05, 0) is 131 Å². The Morgan fingerprint density at radius 2 is 0.868 bits per heavy atom. The molecule has 0 fully saturated rings. The first-order valence-corrected chi connectivity index (χ1v) is 23.8. The highest BCUT2D eigenvalue weighted by Crippen LogP contribution is 2.64. The van der Waals surface area contributed by atoms with Crippen molar-refractivity contribution in [2.45, 2.75) is 24.7 Å². The molecule has 0 saturated heterocycles. The van der Waals surface area contributed by atoms with Crippen LogP contribution < -0.4 is 9.80 Å². The zero-order valence-electron chi connectivity index (χ0n) is 38.0. The van der Waals surface area contributed by atoms with Crippen molar-refractivity contribution in [3.63, 3.8) is 0 Å². The van der Waals surface area contributed by atoms with Crippen LogP contribution in [0.1, 0.15) is 47.2 Å². The van der Waals surface area contributed by atoms with Gasteiger partial charge in [-0.3, -0.25) is 0 Å². The average Bonchev–Trinajstić information content (AvgIpc) is 3.86. The standard InChI is InChI=1S/C66H46N2/c1-65(2)58-30-16-17-31-61(58)68(63-41-47(34-38-59(63)65)46-33-32-43-18-6-7-20-45(43)40-46)64-50-23-9-8-19-44(50)35-39-62(64)67(48-21-4-3-5-22-48)49-36-37-54-53-26-12-15-29-57(53)66(60(54)42-49)55-27-13-10-24-51(55)52-25-11-14-28-56(52)66/h3-42H,1-2H3. The second-order valence-corrected chi connectivity index (χ2v) is 19.2. The molecule has 11 aromatic rings. The fourth-order valence-corrected chi connectivity index (χ4v) is 12.4. The van der Waals surface area contributed by atoms with E-state index in [0.717, 1.165) is 22.7 Å². The van der Waals surface area contributed by atoms with E-state index in [4.69, 9.17) is 0 Å². The highest BCUT2D eigenvalue weighted by Gasteiger charge is 2.52. The Hall–Kier alpha value is -8.46. The van der Waals surface area contributed by atoms with Gasteiger partial charge < -0.3 is 9.80 Å². The number of hydrogen-bond donors (Lipinski definition) is 0. The molecule has 2 nitrogen and oxygen atoms in total. The van der Waals surface area contributed by atoms with Crippen LogP contribution in [-0.2, 0) is 10.8 Å². The van der Waals surface area contributed by atoms with E-state index in [1.54, 1.807) is 0 Å². The van der Waals surface area contributed by atoms with E-state index in [1.807, 2.05) is 0 Å². The summed E-state index contributed by atoms with van der Waals surface area (Å²) in [5, 5.41) is 4.86. The zero-order valence-corrected chi connectivity index (χ0v) is 38.0. The van der Waals surface area contributed by atoms with Gasteiger partial charge in [0.15, 0.2) is 0 Å². The van der Waals surface area contributed by atoms with Crippen molar-refractivity contribution in [2.75, 3.05) is 9.80 Å². The van der Waals surface area contributed by atoms with Crippen molar-refractivity contribution in [2.24, 2.45) is 0 Å². The van der Waals surface area contributed by atoms with Crippen LogP contribution >= 0.6 is 0 Å². The lowest BCUT2D eigenvalue weighted by atomic mass is 9.70. The number of benzene rings is 11. The molecule has 68 heavy (non-hydrogen) atoms. The molecule has 320 valence electrons. The van der Waals surface area contributed by atoms with Crippen molar-refractivity contribution in [1.29, 1.82) is 0 Å². The molecule has 1 aliphatic heterocycles. The van der Waals surface area contributed by atoms with Crippen LogP contribution in [0.4, 0.5) is 34.1 Å². The van der Waals surface area contributed by atoms with Gasteiger partial charge in [-0.1, -0.05) is 208 Å². The van der Waals surface area contributed by atoms with E-state index in [2.05, 4.69) is 266 Å². The molecule has 0 amide bonds. The lowest BCUT2D eigenvalue weighted by Crippen LogP contribution is -2.31. The minimum Gasteiger partial charge on any atom is -0.308 e. The smallest absolute Gasteiger partial charge is 0.0781 e. The summed E-state index contributed by atoms with van der Waals surface area (Å²) in [6.07, 6.45) is 0. The quantitative estimate of drug-likeness (QED) is 0.170. The summed E-state index contributed by atoms with van der Waals surface area (Å²) in [6, 6.07) is 90.8. The molecule has 3 aliphatic rings. The van der Waals surface area contributed by atoms with E-state index in [9.17, 15) is 0 Å². The van der Waals surface area contributed by atoms with Gasteiger partial charge in [0.25, 0.3) is 0 Å². The predicted molar refractivity (Wildman–Crippen MR) is 285 cm³/mol. The van der Waals surface area contributed by atoms with Crippen LogP contribution in [0.2, 0.25) is 0 Å². The molecule has 0 aromatic heterocycles. The van der Waals surface area contributed by atoms with Gasteiger partial charge in [-0.2, -0.15) is 0 Å². The topological polar surface area (TPSA) is 6.48 Å². The van der Waals surface area contributed by atoms with E-state index < -0.39 is 5.41 Å². The predicted octanol–water partition coefficient (Wildman–Crippen LogP) is 17.6. The molecule has 2 heteroatoms. The van der Waals surface area contributed by atoms with E-state index in [1.165, 1.54) is 99.7 Å². The summed E-state index contributed by atoms with van der Waals surface area (Å²) < 4.78 is 0. The van der Waals surface area contributed by atoms with Gasteiger partial charge >= 0.3 is 0 Å². The Morgan fingerprint density at radius 3 is 1.59 bits per heavy atom. The Balaban J connectivity index is 1.05. The first kappa shape index (κ1) is 38.8. The zero-order chi connectivity index (χ0) is 45.1.